The average molecular weight is 248 g/mol. The minimum Gasteiger partial charge on any atom is -0.462 e. The summed E-state index contributed by atoms with van der Waals surface area (Å²) in [5.74, 6) is -1.29. The van der Waals surface area contributed by atoms with Gasteiger partial charge in [-0.3, -0.25) is 4.79 Å². The van der Waals surface area contributed by atoms with Gasteiger partial charge in [-0.1, -0.05) is 18.2 Å². The Morgan fingerprint density at radius 1 is 1.28 bits per heavy atom. The van der Waals surface area contributed by atoms with E-state index >= 15 is 0 Å². The molecule has 0 bridgehead atoms. The topological polar surface area (TPSA) is 81.4 Å². The van der Waals surface area contributed by atoms with E-state index in [0.29, 0.717) is 5.69 Å². The summed E-state index contributed by atoms with van der Waals surface area (Å²) in [7, 11) is 0. The number of anilines is 1. The van der Waals surface area contributed by atoms with Gasteiger partial charge in [0.1, 0.15) is 5.57 Å². The highest BCUT2D eigenvalue weighted by Crippen LogP contribution is 2.10. The molecule has 0 fully saturated rings. The predicted octanol–water partition coefficient (Wildman–Crippen LogP) is 1.42. The molecule has 0 saturated carbocycles. The Kier molecular flexibility index (Phi) is 4.92. The van der Waals surface area contributed by atoms with Crippen LogP contribution in [0.5, 0.6) is 0 Å². The normalized spacial score (nSPS) is 11.4. The molecule has 0 aromatic heterocycles. The van der Waals surface area contributed by atoms with E-state index in [9.17, 15) is 9.59 Å². The zero-order chi connectivity index (χ0) is 13.5. The number of nitrogens with one attached hydrogen (secondary N) is 1. The van der Waals surface area contributed by atoms with Crippen molar-refractivity contribution in [2.24, 2.45) is 5.73 Å². The molecule has 0 aliphatic heterocycles. The molecule has 0 radical (unpaired) electrons. The van der Waals surface area contributed by atoms with Crippen LogP contribution in [0.15, 0.2) is 41.6 Å². The number of para-hydroxylation sites is 1. The number of carbonyl (C=O) groups is 2. The molecule has 5 nitrogen and oxygen atoms in total. The van der Waals surface area contributed by atoms with Gasteiger partial charge in [0.05, 0.1) is 6.61 Å². The summed E-state index contributed by atoms with van der Waals surface area (Å²) in [6, 6.07) is 8.81. The van der Waals surface area contributed by atoms with E-state index in [1.807, 2.05) is 6.07 Å². The van der Waals surface area contributed by atoms with Crippen molar-refractivity contribution in [2.75, 3.05) is 11.9 Å². The molecular formula is C13H16N2O3. The van der Waals surface area contributed by atoms with Crippen LogP contribution in [-0.2, 0) is 14.3 Å². The highest BCUT2D eigenvalue weighted by Gasteiger charge is 2.21. The molecule has 1 rings (SSSR count). The molecule has 0 atom stereocenters. The Morgan fingerprint density at radius 3 is 2.39 bits per heavy atom. The first-order valence-electron chi connectivity index (χ1n) is 5.56. The van der Waals surface area contributed by atoms with Crippen molar-refractivity contribution in [1.82, 2.24) is 0 Å². The van der Waals surface area contributed by atoms with Gasteiger partial charge in [-0.15, -0.1) is 0 Å². The van der Waals surface area contributed by atoms with Crippen molar-refractivity contribution in [2.45, 2.75) is 13.8 Å². The van der Waals surface area contributed by atoms with E-state index in [1.54, 1.807) is 31.2 Å². The van der Waals surface area contributed by atoms with Gasteiger partial charge in [-0.25, -0.2) is 4.79 Å². The predicted molar refractivity (Wildman–Crippen MR) is 68.6 cm³/mol. The molecule has 1 aromatic carbocycles. The second kappa shape index (κ2) is 6.44. The minimum absolute atomic E-state index is 0.127. The Balaban J connectivity index is 2.86. The lowest BCUT2D eigenvalue weighted by Crippen LogP contribution is -2.25. The number of rotatable bonds is 4. The third-order valence-corrected chi connectivity index (χ3v) is 2.13. The summed E-state index contributed by atoms with van der Waals surface area (Å²) in [5, 5.41) is 2.59. The smallest absolute Gasteiger partial charge is 0.345 e. The van der Waals surface area contributed by atoms with Gasteiger partial charge in [0.2, 0.25) is 0 Å². The van der Waals surface area contributed by atoms with Gasteiger partial charge >= 0.3 is 5.97 Å². The Hall–Kier alpha value is -2.30. The number of ether oxygens (including phenoxy) is 1. The lowest BCUT2D eigenvalue weighted by atomic mass is 10.2. The van der Waals surface area contributed by atoms with Gasteiger partial charge < -0.3 is 15.8 Å². The fraction of sp³-hybridized carbons (Fsp3) is 0.231. The maximum Gasteiger partial charge on any atom is 0.345 e. The van der Waals surface area contributed by atoms with Gasteiger partial charge in [0.25, 0.3) is 5.91 Å². The van der Waals surface area contributed by atoms with Crippen LogP contribution < -0.4 is 11.1 Å². The Bertz CT molecular complexity index is 462. The van der Waals surface area contributed by atoms with Crippen LogP contribution in [0.1, 0.15) is 13.8 Å². The molecule has 0 unspecified atom stereocenters. The lowest BCUT2D eigenvalue weighted by molar-refractivity contribution is -0.139. The molecule has 5 heteroatoms. The number of hydrogen-bond donors (Lipinski definition) is 2. The van der Waals surface area contributed by atoms with Gasteiger partial charge in [-0.05, 0) is 26.0 Å². The molecule has 0 aliphatic rings. The number of nitrogens with two attached hydrogens (primary N) is 1. The van der Waals surface area contributed by atoms with E-state index in [1.165, 1.54) is 6.92 Å². The minimum atomic E-state index is -0.717. The lowest BCUT2D eigenvalue weighted by Gasteiger charge is -2.09. The molecule has 96 valence electrons. The van der Waals surface area contributed by atoms with Crippen molar-refractivity contribution in [3.8, 4) is 0 Å². The van der Waals surface area contributed by atoms with Gasteiger partial charge in [-0.2, -0.15) is 0 Å². The average Bonchev–Trinajstić information content (AvgIpc) is 2.30. The fourth-order valence-electron chi connectivity index (χ4n) is 1.35. The van der Waals surface area contributed by atoms with E-state index in [-0.39, 0.29) is 17.9 Å². The first-order chi connectivity index (χ1) is 8.56. The third-order valence-electron chi connectivity index (χ3n) is 2.13. The zero-order valence-corrected chi connectivity index (χ0v) is 10.4. The van der Waals surface area contributed by atoms with Crippen LogP contribution in [0.4, 0.5) is 5.69 Å². The number of benzene rings is 1. The maximum absolute atomic E-state index is 11.9. The monoisotopic (exact) mass is 248 g/mol. The largest absolute Gasteiger partial charge is 0.462 e. The molecule has 0 heterocycles. The van der Waals surface area contributed by atoms with Crippen molar-refractivity contribution >= 4 is 17.6 Å². The van der Waals surface area contributed by atoms with Crippen LogP contribution in [0.3, 0.4) is 0 Å². The molecule has 0 aliphatic carbocycles. The quantitative estimate of drug-likeness (QED) is 0.365. The summed E-state index contributed by atoms with van der Waals surface area (Å²) in [4.78, 5) is 23.5. The molecular weight excluding hydrogens is 232 g/mol. The summed E-state index contributed by atoms with van der Waals surface area (Å²) in [5.41, 5.74) is 6.09. The molecule has 3 N–H and O–H groups in total. The summed E-state index contributed by atoms with van der Waals surface area (Å²) in [6.45, 7) is 3.33. The second-order valence-corrected chi connectivity index (χ2v) is 3.60. The van der Waals surface area contributed by atoms with Crippen molar-refractivity contribution < 1.29 is 14.3 Å². The number of esters is 1. The van der Waals surface area contributed by atoms with E-state index in [4.69, 9.17) is 10.5 Å². The first-order valence-corrected chi connectivity index (χ1v) is 5.56. The summed E-state index contributed by atoms with van der Waals surface area (Å²) in [6.07, 6.45) is 0. The number of hydrogen-bond acceptors (Lipinski definition) is 4. The van der Waals surface area contributed by atoms with Crippen LogP contribution >= 0.6 is 0 Å². The summed E-state index contributed by atoms with van der Waals surface area (Å²) < 4.78 is 4.79. The maximum atomic E-state index is 11.9. The van der Waals surface area contributed by atoms with Crippen LogP contribution in [0, 0.1) is 0 Å². The molecule has 0 spiro atoms. The molecule has 1 aromatic rings. The van der Waals surface area contributed by atoms with Gasteiger partial charge in [0.15, 0.2) is 0 Å². The number of carbonyl (C=O) groups excluding carboxylic acids is 2. The van der Waals surface area contributed by atoms with Crippen LogP contribution in [0.25, 0.3) is 0 Å². The molecule has 18 heavy (non-hydrogen) atoms. The van der Waals surface area contributed by atoms with Gasteiger partial charge in [0, 0.05) is 11.4 Å². The fourth-order valence-corrected chi connectivity index (χ4v) is 1.35. The van der Waals surface area contributed by atoms with Crippen molar-refractivity contribution in [1.29, 1.82) is 0 Å². The first kappa shape index (κ1) is 13.8. The Morgan fingerprint density at radius 2 is 1.89 bits per heavy atom. The molecule has 1 amide bonds. The van der Waals surface area contributed by atoms with Crippen molar-refractivity contribution in [3.63, 3.8) is 0 Å². The van der Waals surface area contributed by atoms with E-state index in [0.717, 1.165) is 0 Å². The summed E-state index contributed by atoms with van der Waals surface area (Å²) >= 11 is 0. The van der Waals surface area contributed by atoms with Crippen LogP contribution in [0.2, 0.25) is 0 Å². The van der Waals surface area contributed by atoms with E-state index in [2.05, 4.69) is 5.32 Å². The zero-order valence-electron chi connectivity index (χ0n) is 10.4. The second-order valence-electron chi connectivity index (χ2n) is 3.60. The SMILES string of the molecule is CCOC(=O)/C(C(=O)Nc1ccccc1)=C(/C)N. The number of amides is 1. The van der Waals surface area contributed by atoms with E-state index < -0.39 is 11.9 Å². The highest BCUT2D eigenvalue weighted by atomic mass is 16.5. The number of allylic oxidation sites excluding steroid dienone is 1. The standard InChI is InChI=1S/C13H16N2O3/c1-3-18-13(17)11(9(2)14)12(16)15-10-7-5-4-6-8-10/h4-8H,3,14H2,1-2H3,(H,15,16)/b11-9-. The van der Waals surface area contributed by atoms with Crippen molar-refractivity contribution in [3.05, 3.63) is 41.6 Å². The molecule has 0 saturated heterocycles. The highest BCUT2D eigenvalue weighted by molar-refractivity contribution is 6.21. The van der Waals surface area contributed by atoms with Crippen LogP contribution in [-0.4, -0.2) is 18.5 Å². The Labute approximate surface area is 106 Å². The third kappa shape index (κ3) is 3.62.